The van der Waals surface area contributed by atoms with Crippen LogP contribution in [0.3, 0.4) is 0 Å². The summed E-state index contributed by atoms with van der Waals surface area (Å²) in [5.41, 5.74) is 1.61. The first-order valence-corrected chi connectivity index (χ1v) is 6.15. The van der Waals surface area contributed by atoms with Crippen molar-refractivity contribution in [1.29, 1.82) is 0 Å². The third-order valence-electron chi connectivity index (χ3n) is 2.47. The average Bonchev–Trinajstić information content (AvgIpc) is 2.94. The van der Waals surface area contributed by atoms with Gasteiger partial charge in [-0.2, -0.15) is 0 Å². The minimum absolute atomic E-state index is 0.0845. The van der Waals surface area contributed by atoms with Crippen LogP contribution in [0.1, 0.15) is 23.0 Å². The largest absolute Gasteiger partial charge is 0.472 e. The van der Waals surface area contributed by atoms with Crippen molar-refractivity contribution in [1.82, 2.24) is 9.88 Å². The molecule has 0 fully saturated rings. The fourth-order valence-corrected chi connectivity index (χ4v) is 2.06. The van der Waals surface area contributed by atoms with E-state index in [4.69, 9.17) is 4.42 Å². The second-order valence-corrected chi connectivity index (χ2v) is 4.56. The summed E-state index contributed by atoms with van der Waals surface area (Å²) in [6.07, 6.45) is 5.11. The van der Waals surface area contributed by atoms with Gasteiger partial charge in [0, 0.05) is 29.3 Å². The Bertz CT molecular complexity index is 503. The Balaban J connectivity index is 2.04. The van der Waals surface area contributed by atoms with E-state index in [0.29, 0.717) is 12.2 Å². The highest BCUT2D eigenvalue weighted by Crippen LogP contribution is 2.15. The molecule has 0 saturated carbocycles. The Hall–Kier alpha value is -1.49. The molecule has 17 heavy (non-hydrogen) atoms. The van der Waals surface area contributed by atoms with Crippen molar-refractivity contribution in [3.8, 4) is 0 Å². The van der Waals surface area contributed by atoms with Gasteiger partial charge in [-0.25, -0.2) is 0 Å². The van der Waals surface area contributed by atoms with Crippen LogP contribution in [0.5, 0.6) is 0 Å². The number of nitrogens with one attached hydrogen (secondary N) is 1. The molecule has 2 aromatic heterocycles. The Morgan fingerprint density at radius 1 is 1.59 bits per heavy atom. The lowest BCUT2D eigenvalue weighted by molar-refractivity contribution is 0.0941. The molecule has 0 spiro atoms. The number of hydrogen-bond donors (Lipinski definition) is 1. The van der Waals surface area contributed by atoms with Crippen LogP contribution in [0.25, 0.3) is 0 Å². The lowest BCUT2D eigenvalue weighted by Gasteiger charge is -2.06. The van der Waals surface area contributed by atoms with Gasteiger partial charge in [0.25, 0.3) is 5.91 Å². The number of rotatable bonds is 4. The molecular weight excluding hydrogens is 284 g/mol. The molecular formula is C12H13BrN2O2. The molecule has 0 radical (unpaired) electrons. The first-order valence-electron chi connectivity index (χ1n) is 5.35. The van der Waals surface area contributed by atoms with Crippen LogP contribution in [-0.2, 0) is 13.1 Å². The van der Waals surface area contributed by atoms with Crippen LogP contribution in [0.15, 0.2) is 39.7 Å². The summed E-state index contributed by atoms with van der Waals surface area (Å²) in [4.78, 5) is 11.9. The molecule has 2 rings (SSSR count). The predicted molar refractivity (Wildman–Crippen MR) is 67.7 cm³/mol. The summed E-state index contributed by atoms with van der Waals surface area (Å²) < 4.78 is 7.75. The van der Waals surface area contributed by atoms with E-state index in [-0.39, 0.29) is 5.91 Å². The van der Waals surface area contributed by atoms with Crippen molar-refractivity contribution in [2.24, 2.45) is 0 Å². The number of carbonyl (C=O) groups excluding carboxylic acids is 1. The van der Waals surface area contributed by atoms with Gasteiger partial charge >= 0.3 is 0 Å². The average molecular weight is 297 g/mol. The maximum Gasteiger partial charge on any atom is 0.268 e. The number of aromatic nitrogens is 1. The van der Waals surface area contributed by atoms with E-state index >= 15 is 0 Å². The molecule has 0 aliphatic carbocycles. The van der Waals surface area contributed by atoms with Crippen LogP contribution in [-0.4, -0.2) is 10.5 Å². The van der Waals surface area contributed by atoms with Crippen molar-refractivity contribution in [3.05, 3.63) is 46.6 Å². The highest BCUT2D eigenvalue weighted by molar-refractivity contribution is 9.10. The van der Waals surface area contributed by atoms with Crippen LogP contribution in [0, 0.1) is 0 Å². The number of hydrogen-bond acceptors (Lipinski definition) is 2. The zero-order valence-corrected chi connectivity index (χ0v) is 11.0. The normalized spacial score (nSPS) is 10.5. The molecule has 0 aliphatic rings. The zero-order chi connectivity index (χ0) is 12.3. The summed E-state index contributed by atoms with van der Waals surface area (Å²) in [6, 6.07) is 3.64. The number of nitrogens with zero attached hydrogens (tertiary/aromatic N) is 1. The second-order valence-electron chi connectivity index (χ2n) is 3.64. The van der Waals surface area contributed by atoms with Gasteiger partial charge in [0.1, 0.15) is 5.69 Å². The molecule has 5 heteroatoms. The molecule has 1 N–H and O–H groups in total. The first kappa shape index (κ1) is 12.0. The van der Waals surface area contributed by atoms with Gasteiger partial charge in [-0.1, -0.05) is 0 Å². The highest BCUT2D eigenvalue weighted by atomic mass is 79.9. The topological polar surface area (TPSA) is 47.2 Å². The number of halogens is 1. The lowest BCUT2D eigenvalue weighted by Crippen LogP contribution is -2.25. The van der Waals surface area contributed by atoms with E-state index < -0.39 is 0 Å². The number of aryl methyl sites for hydroxylation is 1. The van der Waals surface area contributed by atoms with Crippen LogP contribution in [0.4, 0.5) is 0 Å². The van der Waals surface area contributed by atoms with Crippen molar-refractivity contribution < 1.29 is 9.21 Å². The first-order chi connectivity index (χ1) is 8.20. The molecule has 0 bridgehead atoms. The van der Waals surface area contributed by atoms with Gasteiger partial charge in [-0.15, -0.1) is 0 Å². The minimum atomic E-state index is -0.0845. The monoisotopic (exact) mass is 296 g/mol. The van der Waals surface area contributed by atoms with Crippen LogP contribution in [0.2, 0.25) is 0 Å². The quantitative estimate of drug-likeness (QED) is 0.943. The molecule has 2 aromatic rings. The number of carbonyl (C=O) groups is 1. The molecule has 0 atom stereocenters. The van der Waals surface area contributed by atoms with E-state index in [1.807, 2.05) is 29.8 Å². The molecule has 1 amide bonds. The van der Waals surface area contributed by atoms with Crippen molar-refractivity contribution in [2.75, 3.05) is 0 Å². The lowest BCUT2D eigenvalue weighted by atomic mass is 10.3. The Morgan fingerprint density at radius 2 is 2.41 bits per heavy atom. The Labute approximate surface area is 108 Å². The third kappa shape index (κ3) is 2.79. The molecule has 0 saturated heterocycles. The maximum absolute atomic E-state index is 11.9. The van der Waals surface area contributed by atoms with Gasteiger partial charge < -0.3 is 14.3 Å². The summed E-state index contributed by atoms with van der Waals surface area (Å²) in [6.45, 7) is 3.24. The Kier molecular flexibility index (Phi) is 3.68. The van der Waals surface area contributed by atoms with E-state index in [2.05, 4.69) is 21.2 Å². The standard InChI is InChI=1S/C12H13BrN2O2/c1-2-15-7-10(13)5-11(15)12(16)14-6-9-3-4-17-8-9/h3-5,7-8H,2,6H2,1H3,(H,14,16). The van der Waals surface area contributed by atoms with Gasteiger partial charge in [0.05, 0.1) is 12.5 Å². The smallest absolute Gasteiger partial charge is 0.268 e. The summed E-state index contributed by atoms with van der Waals surface area (Å²) in [7, 11) is 0. The van der Waals surface area contributed by atoms with Gasteiger partial charge in [0.15, 0.2) is 0 Å². The fourth-order valence-electron chi connectivity index (χ4n) is 1.59. The number of furan rings is 1. The zero-order valence-electron chi connectivity index (χ0n) is 9.44. The molecule has 90 valence electrons. The van der Waals surface area contributed by atoms with Crippen molar-refractivity contribution in [3.63, 3.8) is 0 Å². The summed E-state index contributed by atoms with van der Waals surface area (Å²) in [5.74, 6) is -0.0845. The molecule has 0 aromatic carbocycles. The minimum Gasteiger partial charge on any atom is -0.472 e. The van der Waals surface area contributed by atoms with E-state index in [0.717, 1.165) is 16.6 Å². The SMILES string of the molecule is CCn1cc(Br)cc1C(=O)NCc1ccoc1. The number of amides is 1. The molecule has 4 nitrogen and oxygen atoms in total. The Morgan fingerprint density at radius 3 is 3.06 bits per heavy atom. The summed E-state index contributed by atoms with van der Waals surface area (Å²) in [5, 5.41) is 2.85. The third-order valence-corrected chi connectivity index (χ3v) is 2.90. The molecule has 0 aliphatic heterocycles. The summed E-state index contributed by atoms with van der Waals surface area (Å²) >= 11 is 3.37. The van der Waals surface area contributed by atoms with Crippen LogP contribution >= 0.6 is 15.9 Å². The highest BCUT2D eigenvalue weighted by Gasteiger charge is 2.11. The van der Waals surface area contributed by atoms with E-state index in [9.17, 15) is 4.79 Å². The van der Waals surface area contributed by atoms with Crippen molar-refractivity contribution in [2.45, 2.75) is 20.0 Å². The molecule has 2 heterocycles. The van der Waals surface area contributed by atoms with Crippen LogP contribution < -0.4 is 5.32 Å². The van der Waals surface area contributed by atoms with E-state index in [1.165, 1.54) is 0 Å². The fraction of sp³-hybridized carbons (Fsp3) is 0.250. The van der Waals surface area contributed by atoms with Gasteiger partial charge in [-0.3, -0.25) is 4.79 Å². The predicted octanol–water partition coefficient (Wildman–Crippen LogP) is 2.79. The van der Waals surface area contributed by atoms with Gasteiger partial charge in [0.2, 0.25) is 0 Å². The van der Waals surface area contributed by atoms with Crippen molar-refractivity contribution >= 4 is 21.8 Å². The van der Waals surface area contributed by atoms with E-state index in [1.54, 1.807) is 12.5 Å². The maximum atomic E-state index is 11.9. The van der Waals surface area contributed by atoms with Gasteiger partial charge in [-0.05, 0) is 35.0 Å². The second kappa shape index (κ2) is 5.23. The molecule has 0 unspecified atom stereocenters.